The van der Waals surface area contributed by atoms with Gasteiger partial charge in [-0.2, -0.15) is 0 Å². The van der Waals surface area contributed by atoms with Gasteiger partial charge in [0.2, 0.25) is 6.41 Å². The highest BCUT2D eigenvalue weighted by Crippen LogP contribution is 2.46. The van der Waals surface area contributed by atoms with E-state index in [4.69, 9.17) is 0 Å². The topological polar surface area (TPSA) is 20.3 Å². The molecule has 1 spiro atoms. The summed E-state index contributed by atoms with van der Waals surface area (Å²) in [5.41, 5.74) is 2.88. The number of rotatable bonds is 1. The second kappa shape index (κ2) is 3.62. The largest absolute Gasteiger partial charge is 0.335 e. The minimum atomic E-state index is 0.0383. The molecule has 1 amide bonds. The first-order valence-corrected chi connectivity index (χ1v) is 6.17. The Hall–Kier alpha value is -1.31. The summed E-state index contributed by atoms with van der Waals surface area (Å²) < 4.78 is 0. The fraction of sp³-hybridized carbons (Fsp3) is 0.500. The van der Waals surface area contributed by atoms with Gasteiger partial charge in [-0.3, -0.25) is 4.79 Å². The van der Waals surface area contributed by atoms with E-state index in [0.717, 1.165) is 38.6 Å². The van der Waals surface area contributed by atoms with Crippen LogP contribution in [0.1, 0.15) is 36.8 Å². The number of benzene rings is 1. The van der Waals surface area contributed by atoms with Gasteiger partial charge in [0.1, 0.15) is 0 Å². The van der Waals surface area contributed by atoms with Crippen molar-refractivity contribution in [3.05, 3.63) is 35.4 Å². The molecule has 1 heterocycles. The van der Waals surface area contributed by atoms with Crippen molar-refractivity contribution in [1.29, 1.82) is 0 Å². The molecule has 2 aliphatic rings. The van der Waals surface area contributed by atoms with Crippen LogP contribution >= 0.6 is 0 Å². The lowest BCUT2D eigenvalue weighted by Gasteiger charge is -2.43. The first-order chi connectivity index (χ1) is 7.87. The van der Waals surface area contributed by atoms with Gasteiger partial charge in [-0.05, 0) is 43.2 Å². The first kappa shape index (κ1) is 9.88. The molecule has 1 aliphatic carbocycles. The van der Waals surface area contributed by atoms with Crippen LogP contribution in [0.5, 0.6) is 0 Å². The molecule has 1 aromatic carbocycles. The van der Waals surface area contributed by atoms with Crippen LogP contribution in [0.15, 0.2) is 24.3 Å². The number of likely N-dealkylation sites (tertiary alicyclic amines) is 1. The zero-order chi connectivity index (χ0) is 11.0. The Morgan fingerprint density at radius 2 is 2.06 bits per heavy atom. The summed E-state index contributed by atoms with van der Waals surface area (Å²) in [4.78, 5) is 13.3. The van der Waals surface area contributed by atoms with Crippen LogP contribution in [0, 0.1) is 0 Å². The van der Waals surface area contributed by atoms with Gasteiger partial charge in [-0.25, -0.2) is 0 Å². The van der Waals surface area contributed by atoms with E-state index < -0.39 is 0 Å². The molecule has 84 valence electrons. The maximum atomic E-state index is 11.3. The average molecular weight is 215 g/mol. The van der Waals surface area contributed by atoms with Gasteiger partial charge < -0.3 is 4.90 Å². The standard InChI is InChI=1S/C14H17NO/c16-11-15-10-4-3-8-14(15)9-7-12-5-1-2-6-13(12)14/h1-2,5-6,11H,3-4,7-10H2. The van der Waals surface area contributed by atoms with E-state index in [0.29, 0.717) is 0 Å². The third kappa shape index (κ3) is 1.22. The number of hydrogen-bond donors (Lipinski definition) is 0. The Morgan fingerprint density at radius 3 is 2.94 bits per heavy atom. The number of fused-ring (bicyclic) bond motifs is 2. The number of nitrogens with zero attached hydrogens (tertiary/aromatic N) is 1. The minimum Gasteiger partial charge on any atom is -0.335 e. The highest BCUT2D eigenvalue weighted by atomic mass is 16.1. The first-order valence-electron chi connectivity index (χ1n) is 6.17. The number of carbonyl (C=O) groups is 1. The van der Waals surface area contributed by atoms with Crippen molar-refractivity contribution in [3.63, 3.8) is 0 Å². The van der Waals surface area contributed by atoms with Crippen molar-refractivity contribution in [2.75, 3.05) is 6.54 Å². The third-order valence-corrected chi connectivity index (χ3v) is 4.24. The Labute approximate surface area is 96.3 Å². The zero-order valence-electron chi connectivity index (χ0n) is 9.48. The lowest BCUT2D eigenvalue weighted by molar-refractivity contribution is -0.126. The van der Waals surface area contributed by atoms with E-state index in [1.807, 2.05) is 4.90 Å². The molecule has 2 heteroatoms. The maximum Gasteiger partial charge on any atom is 0.210 e. The molecule has 0 saturated carbocycles. The number of aryl methyl sites for hydroxylation is 1. The molecule has 16 heavy (non-hydrogen) atoms. The molecule has 1 unspecified atom stereocenters. The SMILES string of the molecule is O=CN1CCCCC12CCc1ccccc12. The summed E-state index contributed by atoms with van der Waals surface area (Å²) in [5, 5.41) is 0. The Bertz CT molecular complexity index is 411. The molecule has 3 rings (SSSR count). The quantitative estimate of drug-likeness (QED) is 0.659. The van der Waals surface area contributed by atoms with Crippen LogP contribution in [0.4, 0.5) is 0 Å². The van der Waals surface area contributed by atoms with Crippen molar-refractivity contribution in [3.8, 4) is 0 Å². The van der Waals surface area contributed by atoms with E-state index in [1.54, 1.807) is 0 Å². The lowest BCUT2D eigenvalue weighted by Crippen LogP contribution is -2.47. The van der Waals surface area contributed by atoms with Gasteiger partial charge in [0.15, 0.2) is 0 Å². The van der Waals surface area contributed by atoms with Crippen molar-refractivity contribution < 1.29 is 4.79 Å². The molecule has 2 nitrogen and oxygen atoms in total. The van der Waals surface area contributed by atoms with E-state index in [2.05, 4.69) is 24.3 Å². The van der Waals surface area contributed by atoms with Crippen LogP contribution in [0.2, 0.25) is 0 Å². The minimum absolute atomic E-state index is 0.0383. The number of amides is 1. The van der Waals surface area contributed by atoms with E-state index in [9.17, 15) is 4.79 Å². The molecule has 0 radical (unpaired) electrons. The molecule has 1 atom stereocenters. The van der Waals surface area contributed by atoms with Gasteiger partial charge in [0, 0.05) is 6.54 Å². The van der Waals surface area contributed by atoms with Gasteiger partial charge in [0.05, 0.1) is 5.54 Å². The second-order valence-electron chi connectivity index (χ2n) is 4.94. The maximum absolute atomic E-state index is 11.3. The summed E-state index contributed by atoms with van der Waals surface area (Å²) in [6, 6.07) is 8.63. The summed E-state index contributed by atoms with van der Waals surface area (Å²) >= 11 is 0. The Balaban J connectivity index is 2.08. The average Bonchev–Trinajstić information content (AvgIpc) is 2.71. The molecular formula is C14H17NO. The van der Waals surface area contributed by atoms with Gasteiger partial charge in [-0.1, -0.05) is 24.3 Å². The van der Waals surface area contributed by atoms with Crippen LogP contribution < -0.4 is 0 Å². The molecule has 1 fully saturated rings. The highest BCUT2D eigenvalue weighted by Gasteiger charge is 2.44. The van der Waals surface area contributed by atoms with Crippen molar-refractivity contribution in [2.24, 2.45) is 0 Å². The van der Waals surface area contributed by atoms with Crippen LogP contribution in [-0.4, -0.2) is 17.9 Å². The van der Waals surface area contributed by atoms with E-state index in [-0.39, 0.29) is 5.54 Å². The van der Waals surface area contributed by atoms with Crippen molar-refractivity contribution >= 4 is 6.41 Å². The monoisotopic (exact) mass is 215 g/mol. The van der Waals surface area contributed by atoms with E-state index >= 15 is 0 Å². The summed E-state index contributed by atoms with van der Waals surface area (Å²) in [6.07, 6.45) is 6.84. The van der Waals surface area contributed by atoms with E-state index in [1.165, 1.54) is 17.5 Å². The zero-order valence-corrected chi connectivity index (χ0v) is 9.48. The van der Waals surface area contributed by atoms with Crippen molar-refractivity contribution in [1.82, 2.24) is 4.90 Å². The van der Waals surface area contributed by atoms with Gasteiger partial charge in [0.25, 0.3) is 0 Å². The molecule has 1 aromatic rings. The summed E-state index contributed by atoms with van der Waals surface area (Å²) in [6.45, 7) is 0.928. The van der Waals surface area contributed by atoms with Crippen LogP contribution in [0.25, 0.3) is 0 Å². The fourth-order valence-electron chi connectivity index (χ4n) is 3.44. The highest BCUT2D eigenvalue weighted by molar-refractivity contribution is 5.53. The molecule has 1 saturated heterocycles. The summed E-state index contributed by atoms with van der Waals surface area (Å²) in [7, 11) is 0. The smallest absolute Gasteiger partial charge is 0.210 e. The molecule has 0 aromatic heterocycles. The number of piperidine rings is 1. The second-order valence-corrected chi connectivity index (χ2v) is 4.94. The molecule has 1 aliphatic heterocycles. The predicted octanol–water partition coefficient (Wildman–Crippen LogP) is 2.47. The number of carbonyl (C=O) groups excluding carboxylic acids is 1. The van der Waals surface area contributed by atoms with Crippen LogP contribution in [0.3, 0.4) is 0 Å². The van der Waals surface area contributed by atoms with Crippen LogP contribution in [-0.2, 0) is 16.8 Å². The predicted molar refractivity (Wildman–Crippen MR) is 63.1 cm³/mol. The lowest BCUT2D eigenvalue weighted by atomic mass is 9.82. The fourth-order valence-corrected chi connectivity index (χ4v) is 3.44. The molecular weight excluding hydrogens is 198 g/mol. The normalized spacial score (nSPS) is 28.1. The van der Waals surface area contributed by atoms with Crippen molar-refractivity contribution in [2.45, 2.75) is 37.6 Å². The molecule has 0 bridgehead atoms. The van der Waals surface area contributed by atoms with Gasteiger partial charge in [-0.15, -0.1) is 0 Å². The molecule has 0 N–H and O–H groups in total. The Kier molecular flexibility index (Phi) is 2.23. The Morgan fingerprint density at radius 1 is 1.19 bits per heavy atom. The number of hydrogen-bond acceptors (Lipinski definition) is 1. The van der Waals surface area contributed by atoms with Gasteiger partial charge >= 0.3 is 0 Å². The summed E-state index contributed by atoms with van der Waals surface area (Å²) in [5.74, 6) is 0. The third-order valence-electron chi connectivity index (χ3n) is 4.24.